The van der Waals surface area contributed by atoms with E-state index < -0.39 is 5.97 Å². The molecule has 2 N–H and O–H groups in total. The molecule has 242 valence electrons. The molecule has 47 heavy (non-hydrogen) atoms. The van der Waals surface area contributed by atoms with Crippen molar-refractivity contribution < 1.29 is 24.2 Å². The van der Waals surface area contributed by atoms with Gasteiger partial charge in [0.1, 0.15) is 37.0 Å². The lowest BCUT2D eigenvalue weighted by molar-refractivity contribution is -0.0987. The van der Waals surface area contributed by atoms with Crippen molar-refractivity contribution >= 4 is 65.2 Å². The first-order chi connectivity index (χ1) is 22.9. The van der Waals surface area contributed by atoms with Crippen molar-refractivity contribution in [1.82, 2.24) is 9.97 Å². The maximum atomic E-state index is 11.5. The molecular formula is C36H34Cl2N4O5. The summed E-state index contributed by atoms with van der Waals surface area (Å²) >= 11 is 12.4. The van der Waals surface area contributed by atoms with Gasteiger partial charge >= 0.3 is 5.97 Å². The van der Waals surface area contributed by atoms with E-state index in [9.17, 15) is 9.90 Å². The molecule has 1 aliphatic heterocycles. The average Bonchev–Trinajstić information content (AvgIpc) is 3.12. The Labute approximate surface area is 283 Å². The number of carbonyl (C=O) groups excluding carboxylic acids is 2. The lowest BCUT2D eigenvalue weighted by Crippen LogP contribution is -2.39. The Kier molecular flexibility index (Phi) is 12.3. The number of piperidine rings is 1. The third kappa shape index (κ3) is 8.24. The standard InChI is InChI=1S/C34H30Cl2N4O3.2CH2O/c1-43-31-19-27(11-12-28(31)34(41)42)40-16-14-26(15-17-40)39-33-29-18-23(6-13-30(29)37-20-38-33)32(21-2-7-24(35)8-3-21)22-4-9-25(36)10-5-22;2*1-2/h2-13,18-20,26,32H,14-17H2,1H3,(H,41,42)(H,37,38,39);2*1H2. The first-order valence-corrected chi connectivity index (χ1v) is 15.4. The van der Waals surface area contributed by atoms with Gasteiger partial charge in [-0.3, -0.25) is 0 Å². The number of carboxylic acids is 1. The number of hydrogen-bond acceptors (Lipinski definition) is 8. The van der Waals surface area contributed by atoms with Crippen LogP contribution in [0.5, 0.6) is 5.75 Å². The van der Waals surface area contributed by atoms with E-state index in [-0.39, 0.29) is 17.5 Å². The number of rotatable bonds is 8. The summed E-state index contributed by atoms with van der Waals surface area (Å²) in [7, 11) is 1.49. The third-order valence-corrected chi connectivity index (χ3v) is 8.52. The van der Waals surface area contributed by atoms with Crippen LogP contribution in [-0.2, 0) is 9.59 Å². The fraction of sp³-hybridized carbons (Fsp3) is 0.194. The fourth-order valence-electron chi connectivity index (χ4n) is 5.79. The number of ether oxygens (including phenoxy) is 1. The van der Waals surface area contributed by atoms with Crippen LogP contribution in [0.25, 0.3) is 10.9 Å². The summed E-state index contributed by atoms with van der Waals surface area (Å²) in [5, 5.41) is 15.4. The second-order valence-electron chi connectivity index (χ2n) is 10.6. The maximum Gasteiger partial charge on any atom is 0.339 e. The van der Waals surface area contributed by atoms with Crippen molar-refractivity contribution in [3.8, 4) is 5.75 Å². The van der Waals surface area contributed by atoms with E-state index in [0.29, 0.717) is 15.8 Å². The van der Waals surface area contributed by atoms with Crippen molar-refractivity contribution in [3.05, 3.63) is 124 Å². The van der Waals surface area contributed by atoms with Gasteiger partial charge in [0.2, 0.25) is 0 Å². The van der Waals surface area contributed by atoms with E-state index in [1.165, 1.54) is 7.11 Å². The third-order valence-electron chi connectivity index (χ3n) is 8.02. The van der Waals surface area contributed by atoms with Crippen LogP contribution in [0.2, 0.25) is 10.0 Å². The second kappa shape index (κ2) is 16.5. The highest BCUT2D eigenvalue weighted by Gasteiger charge is 2.23. The predicted molar refractivity (Wildman–Crippen MR) is 186 cm³/mol. The van der Waals surface area contributed by atoms with Crippen molar-refractivity contribution in [1.29, 1.82) is 0 Å². The number of nitrogens with zero attached hydrogens (tertiary/aromatic N) is 3. The molecule has 1 aromatic heterocycles. The number of nitrogens with one attached hydrogen (secondary N) is 1. The van der Waals surface area contributed by atoms with E-state index in [4.69, 9.17) is 37.5 Å². The molecule has 6 rings (SSSR count). The summed E-state index contributed by atoms with van der Waals surface area (Å²) < 4.78 is 5.33. The molecule has 1 saturated heterocycles. The number of aromatic nitrogens is 2. The van der Waals surface area contributed by atoms with Gasteiger partial charge < -0.3 is 29.6 Å². The lowest BCUT2D eigenvalue weighted by Gasteiger charge is -2.34. The Morgan fingerprint density at radius 3 is 1.98 bits per heavy atom. The van der Waals surface area contributed by atoms with E-state index in [2.05, 4.69) is 56.6 Å². The first kappa shape index (κ1) is 34.9. The lowest BCUT2D eigenvalue weighted by atomic mass is 9.84. The highest BCUT2D eigenvalue weighted by Crippen LogP contribution is 2.36. The molecule has 0 atom stereocenters. The van der Waals surface area contributed by atoms with Crippen LogP contribution in [0.15, 0.2) is 91.3 Å². The molecular weight excluding hydrogens is 639 g/mol. The Balaban J connectivity index is 0.00000120. The number of aromatic carboxylic acids is 1. The molecule has 0 radical (unpaired) electrons. The smallest absolute Gasteiger partial charge is 0.339 e. The van der Waals surface area contributed by atoms with Crippen molar-refractivity contribution in [2.45, 2.75) is 24.8 Å². The summed E-state index contributed by atoms with van der Waals surface area (Å²) in [5.41, 5.74) is 5.34. The average molecular weight is 674 g/mol. The highest BCUT2D eigenvalue weighted by atomic mass is 35.5. The number of anilines is 2. The zero-order chi connectivity index (χ0) is 33.9. The zero-order valence-electron chi connectivity index (χ0n) is 25.7. The number of methoxy groups -OCH3 is 1. The SMILES string of the molecule is C=O.C=O.COc1cc(N2CCC(Nc3ncnc4ccc(C(c5ccc(Cl)cc5)c5ccc(Cl)cc5)cc34)CC2)ccc1C(=O)O. The molecule has 0 unspecified atom stereocenters. The number of carboxylic acid groups (broad SMARTS) is 1. The van der Waals surface area contributed by atoms with Crippen molar-refractivity contribution in [3.63, 3.8) is 0 Å². The number of fused-ring (bicyclic) bond motifs is 1. The number of halogens is 2. The minimum atomic E-state index is -1.00. The summed E-state index contributed by atoms with van der Waals surface area (Å²) in [5.74, 6) is 0.145. The summed E-state index contributed by atoms with van der Waals surface area (Å²) in [4.78, 5) is 38.9. The highest BCUT2D eigenvalue weighted by molar-refractivity contribution is 6.30. The summed E-state index contributed by atoms with van der Waals surface area (Å²) in [6.07, 6.45) is 3.39. The van der Waals surface area contributed by atoms with Crippen LogP contribution in [0, 0.1) is 0 Å². The Bertz CT molecular complexity index is 1750. The molecule has 1 aliphatic rings. The van der Waals surface area contributed by atoms with Gasteiger partial charge in [0.25, 0.3) is 0 Å². The monoisotopic (exact) mass is 672 g/mol. The van der Waals surface area contributed by atoms with Gasteiger partial charge in [0, 0.05) is 52.2 Å². The van der Waals surface area contributed by atoms with E-state index >= 15 is 0 Å². The molecule has 0 bridgehead atoms. The van der Waals surface area contributed by atoms with Crippen LogP contribution < -0.4 is 15.0 Å². The Morgan fingerprint density at radius 1 is 0.851 bits per heavy atom. The number of hydrogen-bond donors (Lipinski definition) is 2. The van der Waals surface area contributed by atoms with Crippen LogP contribution in [0.1, 0.15) is 45.8 Å². The van der Waals surface area contributed by atoms with E-state index in [1.807, 2.05) is 50.0 Å². The van der Waals surface area contributed by atoms with Crippen LogP contribution in [-0.4, -0.2) is 60.9 Å². The quantitative estimate of drug-likeness (QED) is 0.161. The van der Waals surface area contributed by atoms with Gasteiger partial charge in [-0.05, 0) is 78.1 Å². The predicted octanol–water partition coefficient (Wildman–Crippen LogP) is 7.53. The van der Waals surface area contributed by atoms with E-state index in [0.717, 1.165) is 65.0 Å². The molecule has 11 heteroatoms. The molecule has 9 nitrogen and oxygen atoms in total. The largest absolute Gasteiger partial charge is 0.496 e. The normalized spacial score (nSPS) is 12.8. The van der Waals surface area contributed by atoms with Crippen LogP contribution in [0.4, 0.5) is 11.5 Å². The molecule has 0 saturated carbocycles. The molecule has 5 aromatic rings. The molecule has 0 aliphatic carbocycles. The maximum absolute atomic E-state index is 11.5. The van der Waals surface area contributed by atoms with Gasteiger partial charge in [-0.1, -0.05) is 53.5 Å². The molecule has 2 heterocycles. The van der Waals surface area contributed by atoms with Gasteiger partial charge in [-0.2, -0.15) is 0 Å². The molecule has 4 aromatic carbocycles. The van der Waals surface area contributed by atoms with Crippen LogP contribution >= 0.6 is 23.2 Å². The molecule has 1 fully saturated rings. The Hall–Kier alpha value is -4.99. The summed E-state index contributed by atoms with van der Waals surface area (Å²) in [6, 6.07) is 27.7. The Morgan fingerprint density at radius 2 is 1.43 bits per heavy atom. The first-order valence-electron chi connectivity index (χ1n) is 14.7. The summed E-state index contributed by atoms with van der Waals surface area (Å²) in [6.45, 7) is 5.63. The van der Waals surface area contributed by atoms with Crippen molar-refractivity contribution in [2.24, 2.45) is 0 Å². The van der Waals surface area contributed by atoms with Gasteiger partial charge in [-0.25, -0.2) is 14.8 Å². The van der Waals surface area contributed by atoms with Gasteiger partial charge in [0.15, 0.2) is 0 Å². The molecule has 0 amide bonds. The number of benzene rings is 4. The number of carbonyl (C=O) groups is 3. The van der Waals surface area contributed by atoms with Crippen molar-refractivity contribution in [2.75, 3.05) is 30.4 Å². The van der Waals surface area contributed by atoms with E-state index in [1.54, 1.807) is 18.5 Å². The topological polar surface area (TPSA) is 122 Å². The minimum absolute atomic E-state index is 0.0280. The van der Waals surface area contributed by atoms with Gasteiger partial charge in [0.05, 0.1) is 12.6 Å². The van der Waals surface area contributed by atoms with Gasteiger partial charge in [-0.15, -0.1) is 0 Å². The zero-order valence-corrected chi connectivity index (χ0v) is 27.2. The second-order valence-corrected chi connectivity index (χ2v) is 11.5. The van der Waals surface area contributed by atoms with Crippen LogP contribution in [0.3, 0.4) is 0 Å². The molecule has 0 spiro atoms. The minimum Gasteiger partial charge on any atom is -0.496 e. The fourth-order valence-corrected chi connectivity index (χ4v) is 6.04.